The zero-order valence-corrected chi connectivity index (χ0v) is 11.5. The average Bonchev–Trinajstić information content (AvgIpc) is 2.53. The van der Waals surface area contributed by atoms with Crippen molar-refractivity contribution in [3.05, 3.63) is 72.9 Å². The average molecular weight is 270 g/mol. The topological polar surface area (TPSA) is 38.9 Å². The van der Waals surface area contributed by atoms with Crippen molar-refractivity contribution in [1.29, 1.82) is 0 Å². The van der Waals surface area contributed by atoms with Gasteiger partial charge in [-0.15, -0.1) is 0 Å². The Morgan fingerprint density at radius 2 is 1.52 bits per heavy atom. The number of hydrogen-bond donors (Lipinski definition) is 1. The summed E-state index contributed by atoms with van der Waals surface area (Å²) in [7, 11) is 0. The molecule has 2 N–H and O–H groups in total. The van der Waals surface area contributed by atoms with Crippen molar-refractivity contribution >= 4 is 27.4 Å². The first-order valence-corrected chi connectivity index (χ1v) is 6.95. The number of fused-ring (bicyclic) bond motifs is 2. The van der Waals surface area contributed by atoms with E-state index in [9.17, 15) is 0 Å². The first kappa shape index (κ1) is 11.9. The van der Waals surface area contributed by atoms with Gasteiger partial charge >= 0.3 is 0 Å². The molecule has 0 fully saturated rings. The van der Waals surface area contributed by atoms with E-state index in [-0.39, 0.29) is 0 Å². The second-order valence-electron chi connectivity index (χ2n) is 5.17. The number of aromatic nitrogens is 1. The molecule has 1 heterocycles. The molecule has 1 aromatic heterocycles. The summed E-state index contributed by atoms with van der Waals surface area (Å²) in [6.07, 6.45) is 1.83. The summed E-state index contributed by atoms with van der Waals surface area (Å²) in [5.74, 6) is 0. The summed E-state index contributed by atoms with van der Waals surface area (Å²) in [5, 5.41) is 3.51. The molecule has 0 unspecified atom stereocenters. The van der Waals surface area contributed by atoms with Crippen LogP contribution in [0, 0.1) is 0 Å². The molecule has 21 heavy (non-hydrogen) atoms. The fourth-order valence-corrected chi connectivity index (χ4v) is 2.88. The van der Waals surface area contributed by atoms with Crippen LogP contribution in [0.3, 0.4) is 0 Å². The second-order valence-corrected chi connectivity index (χ2v) is 5.17. The van der Waals surface area contributed by atoms with E-state index in [0.29, 0.717) is 0 Å². The van der Waals surface area contributed by atoms with E-state index in [4.69, 9.17) is 5.73 Å². The van der Waals surface area contributed by atoms with E-state index < -0.39 is 0 Å². The molecule has 0 amide bonds. The molecule has 0 radical (unpaired) electrons. The van der Waals surface area contributed by atoms with Gasteiger partial charge in [0.15, 0.2) is 0 Å². The molecule has 100 valence electrons. The number of anilines is 1. The van der Waals surface area contributed by atoms with Crippen LogP contribution in [0.5, 0.6) is 0 Å². The van der Waals surface area contributed by atoms with Crippen LogP contribution in [0.15, 0.2) is 72.9 Å². The molecule has 0 aliphatic carbocycles. The number of nitrogen functional groups attached to an aromatic ring is 1. The first-order chi connectivity index (χ1) is 10.3. The maximum absolute atomic E-state index is 6.08. The van der Waals surface area contributed by atoms with Gasteiger partial charge in [-0.05, 0) is 34.5 Å². The van der Waals surface area contributed by atoms with Crippen LogP contribution in [0.2, 0.25) is 0 Å². The molecule has 2 heteroatoms. The standard InChI is InChI=1S/C19H14N2/c20-15-11-14-7-4-10-21-19(14)18(12-15)17-9-3-6-13-5-1-2-8-16(13)17/h1-12H,20H2. The number of nitrogens with two attached hydrogens (primary N) is 1. The minimum Gasteiger partial charge on any atom is -0.399 e. The lowest BCUT2D eigenvalue weighted by Gasteiger charge is -2.10. The molecule has 4 aromatic rings. The van der Waals surface area contributed by atoms with Crippen molar-refractivity contribution in [3.8, 4) is 11.1 Å². The van der Waals surface area contributed by atoms with Gasteiger partial charge in [-0.25, -0.2) is 0 Å². The molecule has 0 bridgehead atoms. The van der Waals surface area contributed by atoms with E-state index in [1.165, 1.54) is 16.3 Å². The van der Waals surface area contributed by atoms with Gasteiger partial charge in [0.25, 0.3) is 0 Å². The van der Waals surface area contributed by atoms with Crippen LogP contribution in [0.1, 0.15) is 0 Å². The highest BCUT2D eigenvalue weighted by molar-refractivity contribution is 6.05. The van der Waals surface area contributed by atoms with E-state index in [0.717, 1.165) is 22.2 Å². The summed E-state index contributed by atoms with van der Waals surface area (Å²) in [5.41, 5.74) is 10.1. The second kappa shape index (κ2) is 4.60. The maximum atomic E-state index is 6.08. The summed E-state index contributed by atoms with van der Waals surface area (Å²) >= 11 is 0. The third-order valence-corrected chi connectivity index (χ3v) is 3.81. The molecule has 0 saturated carbocycles. The molecule has 0 saturated heterocycles. The number of pyridine rings is 1. The molecule has 3 aromatic carbocycles. The molecule has 0 spiro atoms. The highest BCUT2D eigenvalue weighted by atomic mass is 14.7. The Hall–Kier alpha value is -2.87. The summed E-state index contributed by atoms with van der Waals surface area (Å²) in [6.45, 7) is 0. The Bertz CT molecular complexity index is 952. The Kier molecular flexibility index (Phi) is 2.61. The van der Waals surface area contributed by atoms with E-state index in [1.54, 1.807) is 0 Å². The van der Waals surface area contributed by atoms with Crippen LogP contribution in [-0.4, -0.2) is 4.98 Å². The lowest BCUT2D eigenvalue weighted by Crippen LogP contribution is -1.91. The number of hydrogen-bond acceptors (Lipinski definition) is 2. The fourth-order valence-electron chi connectivity index (χ4n) is 2.88. The van der Waals surface area contributed by atoms with Crippen LogP contribution < -0.4 is 5.73 Å². The molecule has 0 atom stereocenters. The molecular weight excluding hydrogens is 256 g/mol. The van der Waals surface area contributed by atoms with E-state index in [1.807, 2.05) is 30.5 Å². The van der Waals surface area contributed by atoms with Crippen molar-refractivity contribution in [1.82, 2.24) is 4.98 Å². The highest BCUT2D eigenvalue weighted by Crippen LogP contribution is 2.34. The van der Waals surface area contributed by atoms with Crippen LogP contribution >= 0.6 is 0 Å². The van der Waals surface area contributed by atoms with Gasteiger partial charge in [0.1, 0.15) is 0 Å². The quantitative estimate of drug-likeness (QED) is 0.512. The maximum Gasteiger partial charge on any atom is 0.0782 e. The molecule has 0 aliphatic rings. The monoisotopic (exact) mass is 270 g/mol. The number of benzene rings is 3. The van der Waals surface area contributed by atoms with Crippen molar-refractivity contribution in [3.63, 3.8) is 0 Å². The molecular formula is C19H14N2. The Morgan fingerprint density at radius 1 is 0.714 bits per heavy atom. The largest absolute Gasteiger partial charge is 0.399 e. The Labute approximate surface area is 122 Å². The number of rotatable bonds is 1. The van der Waals surface area contributed by atoms with Gasteiger partial charge < -0.3 is 5.73 Å². The Morgan fingerprint density at radius 3 is 2.48 bits per heavy atom. The summed E-state index contributed by atoms with van der Waals surface area (Å²) < 4.78 is 0. The van der Waals surface area contributed by atoms with Crippen LogP contribution in [-0.2, 0) is 0 Å². The van der Waals surface area contributed by atoms with Crippen molar-refractivity contribution < 1.29 is 0 Å². The summed E-state index contributed by atoms with van der Waals surface area (Å²) in [6, 6.07) is 22.7. The predicted molar refractivity (Wildman–Crippen MR) is 89.1 cm³/mol. The van der Waals surface area contributed by atoms with E-state index in [2.05, 4.69) is 47.4 Å². The fraction of sp³-hybridized carbons (Fsp3) is 0. The SMILES string of the molecule is Nc1cc(-c2cccc3ccccc23)c2ncccc2c1. The van der Waals surface area contributed by atoms with Gasteiger partial charge in [0.2, 0.25) is 0 Å². The minimum absolute atomic E-state index is 0.762. The lowest BCUT2D eigenvalue weighted by atomic mass is 9.96. The van der Waals surface area contributed by atoms with E-state index >= 15 is 0 Å². The van der Waals surface area contributed by atoms with Crippen molar-refractivity contribution in [2.45, 2.75) is 0 Å². The first-order valence-electron chi connectivity index (χ1n) is 6.95. The molecule has 2 nitrogen and oxygen atoms in total. The zero-order chi connectivity index (χ0) is 14.2. The van der Waals surface area contributed by atoms with Gasteiger partial charge in [0.05, 0.1) is 5.52 Å². The van der Waals surface area contributed by atoms with Crippen LogP contribution in [0.4, 0.5) is 5.69 Å². The van der Waals surface area contributed by atoms with Gasteiger partial charge in [-0.2, -0.15) is 0 Å². The van der Waals surface area contributed by atoms with Gasteiger partial charge in [-0.1, -0.05) is 48.5 Å². The predicted octanol–water partition coefficient (Wildman–Crippen LogP) is 4.64. The summed E-state index contributed by atoms with van der Waals surface area (Å²) in [4.78, 5) is 4.55. The molecule has 4 rings (SSSR count). The smallest absolute Gasteiger partial charge is 0.0782 e. The van der Waals surface area contributed by atoms with Crippen molar-refractivity contribution in [2.75, 3.05) is 5.73 Å². The number of nitrogens with zero attached hydrogens (tertiary/aromatic N) is 1. The van der Waals surface area contributed by atoms with Gasteiger partial charge in [-0.3, -0.25) is 4.98 Å². The normalized spacial score (nSPS) is 11.0. The van der Waals surface area contributed by atoms with Crippen molar-refractivity contribution in [2.24, 2.45) is 0 Å². The van der Waals surface area contributed by atoms with Gasteiger partial charge in [0, 0.05) is 22.8 Å². The highest BCUT2D eigenvalue weighted by Gasteiger charge is 2.09. The van der Waals surface area contributed by atoms with Crippen LogP contribution in [0.25, 0.3) is 32.8 Å². The third kappa shape index (κ3) is 1.93. The third-order valence-electron chi connectivity index (χ3n) is 3.81. The Balaban J connectivity index is 2.14. The molecule has 0 aliphatic heterocycles. The minimum atomic E-state index is 0.762. The zero-order valence-electron chi connectivity index (χ0n) is 11.5. The lowest BCUT2D eigenvalue weighted by molar-refractivity contribution is 1.41.